The number of ether oxygens (including phenoxy) is 2. The molecule has 0 aromatic heterocycles. The molecular formula is C28H26N2O2. The largest absolute Gasteiger partial charge is 0.489 e. The molecule has 0 unspecified atom stereocenters. The van der Waals surface area contributed by atoms with E-state index in [2.05, 4.69) is 34.8 Å². The Morgan fingerprint density at radius 3 is 1.59 bits per heavy atom. The van der Waals surface area contributed by atoms with E-state index in [1.807, 2.05) is 91.9 Å². The number of rotatable bonds is 9. The summed E-state index contributed by atoms with van der Waals surface area (Å²) < 4.78 is 11.7. The molecule has 0 amide bonds. The summed E-state index contributed by atoms with van der Waals surface area (Å²) in [5.41, 5.74) is 8.23. The first-order chi connectivity index (χ1) is 15.8. The summed E-state index contributed by atoms with van der Waals surface area (Å²) in [5.74, 6) is 1.66. The lowest BCUT2D eigenvalue weighted by molar-refractivity contribution is 0.306. The molecule has 4 nitrogen and oxygen atoms in total. The lowest BCUT2D eigenvalue weighted by atomic mass is 10.1. The maximum absolute atomic E-state index is 5.85. The number of nitrogens with one attached hydrogen (secondary N) is 1. The van der Waals surface area contributed by atoms with Crippen molar-refractivity contribution in [2.24, 2.45) is 5.10 Å². The molecule has 0 aliphatic carbocycles. The van der Waals surface area contributed by atoms with Gasteiger partial charge in [-0.25, -0.2) is 0 Å². The molecule has 0 saturated carbocycles. The van der Waals surface area contributed by atoms with Gasteiger partial charge in [0.25, 0.3) is 0 Å². The van der Waals surface area contributed by atoms with Crippen LogP contribution in [0.25, 0.3) is 0 Å². The third-order valence-electron chi connectivity index (χ3n) is 4.98. The van der Waals surface area contributed by atoms with Gasteiger partial charge in [0, 0.05) is 0 Å². The average molecular weight is 423 g/mol. The van der Waals surface area contributed by atoms with Gasteiger partial charge in [-0.1, -0.05) is 60.7 Å². The van der Waals surface area contributed by atoms with E-state index >= 15 is 0 Å². The van der Waals surface area contributed by atoms with E-state index in [1.54, 1.807) is 0 Å². The van der Waals surface area contributed by atoms with E-state index in [4.69, 9.17) is 9.47 Å². The fourth-order valence-electron chi connectivity index (χ4n) is 3.11. The molecule has 4 aromatic carbocycles. The molecule has 4 heteroatoms. The molecule has 4 rings (SSSR count). The summed E-state index contributed by atoms with van der Waals surface area (Å²) in [5, 5.41) is 4.50. The third kappa shape index (κ3) is 6.22. The molecule has 0 aliphatic heterocycles. The number of hydrazone groups is 1. The molecule has 0 aliphatic rings. The second-order valence-electron chi connectivity index (χ2n) is 7.41. The Balaban J connectivity index is 1.28. The van der Waals surface area contributed by atoms with Gasteiger partial charge in [0.2, 0.25) is 0 Å². The third-order valence-corrected chi connectivity index (χ3v) is 4.98. The number of hydrogen-bond donors (Lipinski definition) is 1. The minimum atomic E-state index is 0.552. The molecule has 0 bridgehead atoms. The Bertz CT molecular complexity index is 1120. The second-order valence-corrected chi connectivity index (χ2v) is 7.41. The van der Waals surface area contributed by atoms with Crippen molar-refractivity contribution in [3.05, 3.63) is 126 Å². The van der Waals surface area contributed by atoms with Gasteiger partial charge in [0.15, 0.2) is 0 Å². The summed E-state index contributed by atoms with van der Waals surface area (Å²) in [7, 11) is 0. The molecule has 0 atom stereocenters. The van der Waals surface area contributed by atoms with Gasteiger partial charge in [-0.05, 0) is 72.1 Å². The van der Waals surface area contributed by atoms with Crippen LogP contribution in [0.3, 0.4) is 0 Å². The Labute approximate surface area is 189 Å². The van der Waals surface area contributed by atoms with Crippen molar-refractivity contribution in [3.63, 3.8) is 0 Å². The Morgan fingerprint density at radius 1 is 0.625 bits per heavy atom. The highest BCUT2D eigenvalue weighted by Gasteiger charge is 2.01. The highest BCUT2D eigenvalue weighted by molar-refractivity contribution is 5.99. The molecule has 0 radical (unpaired) electrons. The van der Waals surface area contributed by atoms with E-state index in [0.717, 1.165) is 39.6 Å². The summed E-state index contributed by atoms with van der Waals surface area (Å²) in [6.45, 7) is 3.08. The van der Waals surface area contributed by atoms with Crippen LogP contribution in [0.1, 0.15) is 23.6 Å². The molecular weight excluding hydrogens is 396 g/mol. The zero-order valence-corrected chi connectivity index (χ0v) is 18.1. The van der Waals surface area contributed by atoms with Crippen molar-refractivity contribution in [2.45, 2.75) is 20.1 Å². The Morgan fingerprint density at radius 2 is 1.09 bits per heavy atom. The van der Waals surface area contributed by atoms with Gasteiger partial charge in [0.05, 0.1) is 11.4 Å². The second kappa shape index (κ2) is 10.8. The molecule has 32 heavy (non-hydrogen) atoms. The highest BCUT2D eigenvalue weighted by atomic mass is 16.5. The van der Waals surface area contributed by atoms with Crippen LogP contribution in [0.2, 0.25) is 0 Å². The molecule has 0 saturated heterocycles. The van der Waals surface area contributed by atoms with Crippen molar-refractivity contribution >= 4 is 11.4 Å². The monoisotopic (exact) mass is 422 g/mol. The van der Waals surface area contributed by atoms with E-state index in [1.165, 1.54) is 0 Å². The SMILES string of the molecule is C/C(=N\Nc1ccc(OCc2ccccc2)cc1)c1ccc(OCc2ccccc2)cc1. The summed E-state index contributed by atoms with van der Waals surface area (Å²) in [4.78, 5) is 0. The van der Waals surface area contributed by atoms with E-state index in [-0.39, 0.29) is 0 Å². The van der Waals surface area contributed by atoms with Gasteiger partial charge >= 0.3 is 0 Å². The minimum Gasteiger partial charge on any atom is -0.489 e. The van der Waals surface area contributed by atoms with Crippen molar-refractivity contribution in [2.75, 3.05) is 5.43 Å². The Hall–Kier alpha value is -4.05. The highest BCUT2D eigenvalue weighted by Crippen LogP contribution is 2.18. The number of benzene rings is 4. The normalized spacial score (nSPS) is 11.1. The van der Waals surface area contributed by atoms with Gasteiger partial charge in [-0.3, -0.25) is 5.43 Å². The predicted octanol–water partition coefficient (Wildman–Crippen LogP) is 6.68. The molecule has 160 valence electrons. The van der Waals surface area contributed by atoms with Gasteiger partial charge in [0.1, 0.15) is 24.7 Å². The zero-order valence-electron chi connectivity index (χ0n) is 18.1. The van der Waals surface area contributed by atoms with Crippen molar-refractivity contribution < 1.29 is 9.47 Å². The van der Waals surface area contributed by atoms with E-state index in [0.29, 0.717) is 13.2 Å². The predicted molar refractivity (Wildman–Crippen MR) is 130 cm³/mol. The number of anilines is 1. The van der Waals surface area contributed by atoms with Gasteiger partial charge < -0.3 is 9.47 Å². The van der Waals surface area contributed by atoms with Crippen LogP contribution in [-0.4, -0.2) is 5.71 Å². The van der Waals surface area contributed by atoms with Crippen molar-refractivity contribution in [1.29, 1.82) is 0 Å². The fourth-order valence-corrected chi connectivity index (χ4v) is 3.11. The van der Waals surface area contributed by atoms with Crippen molar-refractivity contribution in [3.8, 4) is 11.5 Å². The van der Waals surface area contributed by atoms with Crippen LogP contribution in [0, 0.1) is 0 Å². The standard InChI is InChI=1S/C28H26N2O2/c1-22(25-12-16-27(17-13-25)31-20-23-8-4-2-5-9-23)29-30-26-14-18-28(19-15-26)32-21-24-10-6-3-7-11-24/h2-19,30H,20-21H2,1H3/b29-22+. The Kier molecular flexibility index (Phi) is 7.17. The summed E-state index contributed by atoms with van der Waals surface area (Å²) >= 11 is 0. The lowest BCUT2D eigenvalue weighted by Crippen LogP contribution is -2.00. The fraction of sp³-hybridized carbons (Fsp3) is 0.107. The molecule has 4 aromatic rings. The van der Waals surface area contributed by atoms with Crippen molar-refractivity contribution in [1.82, 2.24) is 0 Å². The smallest absolute Gasteiger partial charge is 0.119 e. The molecule has 0 fully saturated rings. The minimum absolute atomic E-state index is 0.552. The molecule has 1 N–H and O–H groups in total. The number of nitrogens with zero attached hydrogens (tertiary/aromatic N) is 1. The molecule has 0 heterocycles. The summed E-state index contributed by atoms with van der Waals surface area (Å²) in [6, 6.07) is 36.0. The van der Waals surface area contributed by atoms with Crippen LogP contribution >= 0.6 is 0 Å². The zero-order chi connectivity index (χ0) is 22.0. The van der Waals surface area contributed by atoms with Gasteiger partial charge in [-0.15, -0.1) is 0 Å². The first-order valence-corrected chi connectivity index (χ1v) is 10.6. The number of hydrogen-bond acceptors (Lipinski definition) is 4. The van der Waals surface area contributed by atoms with Crippen LogP contribution < -0.4 is 14.9 Å². The van der Waals surface area contributed by atoms with Crippen LogP contribution in [0.5, 0.6) is 11.5 Å². The maximum atomic E-state index is 5.85. The van der Waals surface area contributed by atoms with Gasteiger partial charge in [-0.2, -0.15) is 5.10 Å². The summed E-state index contributed by atoms with van der Waals surface area (Å²) in [6.07, 6.45) is 0. The van der Waals surface area contributed by atoms with E-state index in [9.17, 15) is 0 Å². The molecule has 0 spiro atoms. The topological polar surface area (TPSA) is 42.9 Å². The average Bonchev–Trinajstić information content (AvgIpc) is 2.87. The van der Waals surface area contributed by atoms with Crippen LogP contribution in [-0.2, 0) is 13.2 Å². The van der Waals surface area contributed by atoms with E-state index < -0.39 is 0 Å². The first kappa shape index (κ1) is 21.2. The van der Waals surface area contributed by atoms with Crippen LogP contribution in [0.15, 0.2) is 114 Å². The quantitative estimate of drug-likeness (QED) is 0.242. The van der Waals surface area contributed by atoms with Crippen LogP contribution in [0.4, 0.5) is 5.69 Å². The lowest BCUT2D eigenvalue weighted by Gasteiger charge is -2.09. The first-order valence-electron chi connectivity index (χ1n) is 10.6. The maximum Gasteiger partial charge on any atom is 0.119 e.